The molecule has 0 saturated carbocycles. The maximum Gasteiger partial charge on any atom is 0.161 e. The minimum Gasteiger partial charge on any atom is -0.493 e. The van der Waals surface area contributed by atoms with Crippen LogP contribution in [0.25, 0.3) is 0 Å². The molecule has 2 aromatic rings. The van der Waals surface area contributed by atoms with Crippen molar-refractivity contribution in [2.45, 2.75) is 32.3 Å². The van der Waals surface area contributed by atoms with Crippen molar-refractivity contribution in [1.29, 1.82) is 0 Å². The van der Waals surface area contributed by atoms with E-state index < -0.39 is 6.29 Å². The fourth-order valence-electron chi connectivity index (χ4n) is 2.92. The first-order valence-corrected chi connectivity index (χ1v) is 7.85. The molecule has 1 fully saturated rings. The molecule has 0 spiro atoms. The van der Waals surface area contributed by atoms with Gasteiger partial charge in [-0.3, -0.25) is 0 Å². The van der Waals surface area contributed by atoms with Gasteiger partial charge < -0.3 is 19.3 Å². The molecule has 2 aromatic carbocycles. The van der Waals surface area contributed by atoms with E-state index >= 15 is 0 Å². The van der Waals surface area contributed by atoms with E-state index in [-0.39, 0.29) is 12.0 Å². The van der Waals surface area contributed by atoms with Gasteiger partial charge in [0, 0.05) is 6.42 Å². The molecule has 1 unspecified atom stereocenters. The third-order valence-corrected chi connectivity index (χ3v) is 4.15. The second-order valence-corrected chi connectivity index (χ2v) is 5.91. The average molecular weight is 314 g/mol. The summed E-state index contributed by atoms with van der Waals surface area (Å²) in [6.07, 6.45) is -0.142. The number of hydrogen-bond donors (Lipinski definition) is 1. The van der Waals surface area contributed by atoms with Crippen molar-refractivity contribution in [2.75, 3.05) is 7.11 Å². The first-order chi connectivity index (χ1) is 11.2. The van der Waals surface area contributed by atoms with Gasteiger partial charge in [0.1, 0.15) is 6.61 Å². The molecule has 3 atom stereocenters. The molecule has 1 saturated heterocycles. The van der Waals surface area contributed by atoms with E-state index in [1.54, 1.807) is 7.11 Å². The molecule has 1 heterocycles. The number of benzene rings is 2. The van der Waals surface area contributed by atoms with Crippen LogP contribution in [0.1, 0.15) is 30.6 Å². The molecule has 0 amide bonds. The topological polar surface area (TPSA) is 47.9 Å². The zero-order valence-corrected chi connectivity index (χ0v) is 13.4. The molecule has 4 heteroatoms. The quantitative estimate of drug-likeness (QED) is 0.914. The van der Waals surface area contributed by atoms with Crippen molar-refractivity contribution in [3.8, 4) is 11.5 Å². The highest BCUT2D eigenvalue weighted by Gasteiger charge is 2.32. The highest BCUT2D eigenvalue weighted by atomic mass is 16.6. The summed E-state index contributed by atoms with van der Waals surface area (Å²) in [7, 11) is 1.63. The van der Waals surface area contributed by atoms with Crippen molar-refractivity contribution in [3.63, 3.8) is 0 Å². The molecular weight excluding hydrogens is 292 g/mol. The second kappa shape index (κ2) is 7.02. The van der Waals surface area contributed by atoms with Gasteiger partial charge in [-0.25, -0.2) is 0 Å². The van der Waals surface area contributed by atoms with E-state index in [1.165, 1.54) is 0 Å². The monoisotopic (exact) mass is 314 g/mol. The second-order valence-electron chi connectivity index (χ2n) is 5.91. The van der Waals surface area contributed by atoms with Crippen LogP contribution in [0.2, 0.25) is 0 Å². The molecule has 1 aliphatic rings. The first-order valence-electron chi connectivity index (χ1n) is 7.85. The molecule has 4 nitrogen and oxygen atoms in total. The average Bonchev–Trinajstić information content (AvgIpc) is 2.92. The molecule has 3 rings (SSSR count). The summed E-state index contributed by atoms with van der Waals surface area (Å²) in [6, 6.07) is 15.8. The molecule has 122 valence electrons. The van der Waals surface area contributed by atoms with Crippen LogP contribution in [0.15, 0.2) is 48.5 Å². The number of hydrogen-bond acceptors (Lipinski definition) is 4. The van der Waals surface area contributed by atoms with Crippen molar-refractivity contribution in [1.82, 2.24) is 0 Å². The summed E-state index contributed by atoms with van der Waals surface area (Å²) in [6.45, 7) is 2.57. The summed E-state index contributed by atoms with van der Waals surface area (Å²) < 4.78 is 16.9. The molecule has 0 bridgehead atoms. The van der Waals surface area contributed by atoms with Gasteiger partial charge in [0.15, 0.2) is 17.8 Å². The van der Waals surface area contributed by atoms with Crippen molar-refractivity contribution < 1.29 is 19.3 Å². The van der Waals surface area contributed by atoms with Gasteiger partial charge in [-0.1, -0.05) is 43.3 Å². The Kier molecular flexibility index (Phi) is 4.84. The standard InChI is InChI=1S/C19H22O4/c1-13-10-18(20)23-19(13)15-8-9-16(17(11-15)21-2)22-12-14-6-4-3-5-7-14/h3-9,11,13,18-20H,10,12H2,1-2H3/t13-,18?,19+/m0/s1. The predicted octanol–water partition coefficient (Wildman–Crippen LogP) is 3.69. The van der Waals surface area contributed by atoms with E-state index in [0.717, 1.165) is 11.1 Å². The van der Waals surface area contributed by atoms with Crippen LogP contribution in [0.4, 0.5) is 0 Å². The van der Waals surface area contributed by atoms with E-state index in [4.69, 9.17) is 14.2 Å². The molecule has 1 N–H and O–H groups in total. The van der Waals surface area contributed by atoms with E-state index in [1.807, 2.05) is 48.5 Å². The largest absolute Gasteiger partial charge is 0.493 e. The van der Waals surface area contributed by atoms with Crippen molar-refractivity contribution >= 4 is 0 Å². The summed E-state index contributed by atoms with van der Waals surface area (Å²) in [5.74, 6) is 1.65. The fraction of sp³-hybridized carbons (Fsp3) is 0.368. The van der Waals surface area contributed by atoms with Crippen LogP contribution in [0.3, 0.4) is 0 Å². The Balaban J connectivity index is 1.74. The lowest BCUT2D eigenvalue weighted by Crippen LogP contribution is -2.06. The number of aliphatic hydroxyl groups is 1. The first kappa shape index (κ1) is 15.8. The maximum atomic E-state index is 9.64. The van der Waals surface area contributed by atoms with Gasteiger partial charge >= 0.3 is 0 Å². The van der Waals surface area contributed by atoms with Crippen LogP contribution < -0.4 is 9.47 Å². The minimum atomic E-state index is -0.685. The number of rotatable bonds is 5. The van der Waals surface area contributed by atoms with Gasteiger partial charge in [-0.05, 0) is 29.2 Å². The molecule has 0 aliphatic carbocycles. The normalized spacial score (nSPS) is 23.7. The van der Waals surface area contributed by atoms with Crippen molar-refractivity contribution in [3.05, 3.63) is 59.7 Å². The Hall–Kier alpha value is -2.04. The Morgan fingerprint density at radius 2 is 1.91 bits per heavy atom. The SMILES string of the molecule is COc1cc([C@@H]2OC(O)C[C@@H]2C)ccc1OCc1ccccc1. The molecule has 0 radical (unpaired) electrons. The Morgan fingerprint density at radius 3 is 2.57 bits per heavy atom. The Bertz CT molecular complexity index is 641. The van der Waals surface area contributed by atoms with E-state index in [2.05, 4.69) is 6.92 Å². The van der Waals surface area contributed by atoms with E-state index in [0.29, 0.717) is 24.5 Å². The number of methoxy groups -OCH3 is 1. The lowest BCUT2D eigenvalue weighted by molar-refractivity contribution is -0.0932. The molecule has 0 aromatic heterocycles. The van der Waals surface area contributed by atoms with Gasteiger partial charge in [0.05, 0.1) is 13.2 Å². The number of aliphatic hydroxyl groups excluding tert-OH is 1. The molecule has 1 aliphatic heterocycles. The van der Waals surface area contributed by atoms with Crippen LogP contribution in [-0.2, 0) is 11.3 Å². The zero-order chi connectivity index (χ0) is 16.2. The summed E-state index contributed by atoms with van der Waals surface area (Å²) in [5.41, 5.74) is 2.10. The van der Waals surface area contributed by atoms with E-state index in [9.17, 15) is 5.11 Å². The minimum absolute atomic E-state index is 0.109. The number of ether oxygens (including phenoxy) is 3. The Labute approximate surface area is 136 Å². The molecule has 23 heavy (non-hydrogen) atoms. The van der Waals surface area contributed by atoms with Gasteiger partial charge in [-0.15, -0.1) is 0 Å². The van der Waals surface area contributed by atoms with Crippen LogP contribution >= 0.6 is 0 Å². The highest BCUT2D eigenvalue weighted by molar-refractivity contribution is 5.44. The third-order valence-electron chi connectivity index (χ3n) is 4.15. The van der Waals surface area contributed by atoms with Gasteiger partial charge in [0.25, 0.3) is 0 Å². The fourth-order valence-corrected chi connectivity index (χ4v) is 2.92. The van der Waals surface area contributed by atoms with Crippen LogP contribution in [-0.4, -0.2) is 18.5 Å². The Morgan fingerprint density at radius 1 is 1.13 bits per heavy atom. The summed E-state index contributed by atoms with van der Waals surface area (Å²) >= 11 is 0. The zero-order valence-electron chi connectivity index (χ0n) is 13.4. The van der Waals surface area contributed by atoms with Gasteiger partial charge in [-0.2, -0.15) is 0 Å². The lowest BCUT2D eigenvalue weighted by atomic mass is 9.97. The van der Waals surface area contributed by atoms with Gasteiger partial charge in [0.2, 0.25) is 0 Å². The smallest absolute Gasteiger partial charge is 0.161 e. The summed E-state index contributed by atoms with van der Waals surface area (Å²) in [5, 5.41) is 9.64. The van der Waals surface area contributed by atoms with Crippen molar-refractivity contribution in [2.24, 2.45) is 5.92 Å². The lowest BCUT2D eigenvalue weighted by Gasteiger charge is -2.18. The molecular formula is C19H22O4. The maximum absolute atomic E-state index is 9.64. The third kappa shape index (κ3) is 3.66. The van der Waals surface area contributed by atoms with Crippen LogP contribution in [0.5, 0.6) is 11.5 Å². The predicted molar refractivity (Wildman–Crippen MR) is 87.4 cm³/mol. The highest BCUT2D eigenvalue weighted by Crippen LogP contribution is 2.40. The summed E-state index contributed by atoms with van der Waals surface area (Å²) in [4.78, 5) is 0. The van der Waals surface area contributed by atoms with Crippen LogP contribution in [0, 0.1) is 5.92 Å².